The minimum absolute atomic E-state index is 0.131. The van der Waals surface area contributed by atoms with Gasteiger partial charge in [0.25, 0.3) is 5.91 Å². The number of thiophene rings is 1. The van der Waals surface area contributed by atoms with Crippen LogP contribution in [0.15, 0.2) is 48.5 Å². The number of fused-ring (bicyclic) bond motifs is 1. The van der Waals surface area contributed by atoms with E-state index in [4.69, 9.17) is 26.9 Å². The van der Waals surface area contributed by atoms with Crippen LogP contribution in [0.25, 0.3) is 10.1 Å². The molecule has 1 amide bonds. The number of carbonyl (C=O) groups is 1. The van der Waals surface area contributed by atoms with Gasteiger partial charge in [0.05, 0.1) is 18.5 Å². The summed E-state index contributed by atoms with van der Waals surface area (Å²) in [6.07, 6.45) is 0. The van der Waals surface area contributed by atoms with Gasteiger partial charge in [0, 0.05) is 10.3 Å². The van der Waals surface area contributed by atoms with Gasteiger partial charge in [0.2, 0.25) is 0 Å². The first-order valence-corrected chi connectivity index (χ1v) is 9.36. The fourth-order valence-corrected chi connectivity index (χ4v) is 3.58. The maximum Gasteiger partial charge on any atom is 0.261 e. The number of carbonyl (C=O) groups excluding carboxylic acids is 1. The summed E-state index contributed by atoms with van der Waals surface area (Å²) < 4.78 is 11.8. The van der Waals surface area contributed by atoms with E-state index in [9.17, 15) is 4.79 Å². The standard InChI is InChI=1S/C19H18N2O4S2/c1-24-15-7-4-13-10-17(27-16(13)11-15)18(22)20-8-9-25-14-5-2-12(3-6-14)19(26)21-23/h2-7,10-11,23H,8-9H2,1H3,(H,20,22)(H,21,26). The van der Waals surface area contributed by atoms with Crippen LogP contribution in [0.1, 0.15) is 15.2 Å². The maximum absolute atomic E-state index is 12.3. The maximum atomic E-state index is 12.3. The van der Waals surface area contributed by atoms with Crippen molar-refractivity contribution in [2.24, 2.45) is 0 Å². The molecule has 1 heterocycles. The number of hydroxylamine groups is 1. The zero-order valence-corrected chi connectivity index (χ0v) is 16.2. The van der Waals surface area contributed by atoms with E-state index in [1.165, 1.54) is 11.3 Å². The van der Waals surface area contributed by atoms with E-state index in [0.717, 1.165) is 15.8 Å². The van der Waals surface area contributed by atoms with E-state index in [0.29, 0.717) is 29.3 Å². The summed E-state index contributed by atoms with van der Waals surface area (Å²) in [6.45, 7) is 0.723. The largest absolute Gasteiger partial charge is 0.497 e. The summed E-state index contributed by atoms with van der Waals surface area (Å²) in [5.41, 5.74) is 2.62. The van der Waals surface area contributed by atoms with Crippen molar-refractivity contribution in [2.75, 3.05) is 20.3 Å². The predicted molar refractivity (Wildman–Crippen MR) is 109 cm³/mol. The van der Waals surface area contributed by atoms with Crippen LogP contribution in [0.4, 0.5) is 0 Å². The summed E-state index contributed by atoms with van der Waals surface area (Å²) in [4.78, 5) is 13.2. The Morgan fingerprint density at radius 1 is 1.15 bits per heavy atom. The van der Waals surface area contributed by atoms with Crippen LogP contribution in [-0.4, -0.2) is 36.4 Å². The molecule has 1 aromatic heterocycles. The molecule has 0 radical (unpaired) electrons. The third-order valence-electron chi connectivity index (χ3n) is 3.83. The highest BCUT2D eigenvalue weighted by atomic mass is 32.1. The van der Waals surface area contributed by atoms with Gasteiger partial charge >= 0.3 is 0 Å². The number of thiocarbonyl (C=S) groups is 1. The predicted octanol–water partition coefficient (Wildman–Crippen LogP) is 3.37. The van der Waals surface area contributed by atoms with Gasteiger partial charge in [-0.3, -0.25) is 15.5 Å². The van der Waals surface area contributed by atoms with Gasteiger partial charge in [-0.05, 0) is 53.9 Å². The van der Waals surface area contributed by atoms with Crippen LogP contribution in [0.2, 0.25) is 0 Å². The SMILES string of the molecule is COc1ccc2cc(C(=O)NCCOc3ccc(C(=S)NO)cc3)sc2c1. The Labute approximate surface area is 165 Å². The van der Waals surface area contributed by atoms with Crippen LogP contribution in [-0.2, 0) is 0 Å². The van der Waals surface area contributed by atoms with Gasteiger partial charge in [-0.15, -0.1) is 11.3 Å². The summed E-state index contributed by atoms with van der Waals surface area (Å²) in [7, 11) is 1.62. The minimum atomic E-state index is -0.131. The lowest BCUT2D eigenvalue weighted by atomic mass is 10.2. The van der Waals surface area contributed by atoms with E-state index < -0.39 is 0 Å². The average Bonchev–Trinajstić information content (AvgIpc) is 3.14. The topological polar surface area (TPSA) is 79.8 Å². The highest BCUT2D eigenvalue weighted by Gasteiger charge is 2.10. The minimum Gasteiger partial charge on any atom is -0.497 e. The monoisotopic (exact) mass is 402 g/mol. The number of ether oxygens (including phenoxy) is 2. The van der Waals surface area contributed by atoms with Crippen LogP contribution >= 0.6 is 23.6 Å². The molecule has 0 atom stereocenters. The van der Waals surface area contributed by atoms with E-state index in [2.05, 4.69) is 5.32 Å². The number of hydrogen-bond acceptors (Lipinski definition) is 6. The van der Waals surface area contributed by atoms with E-state index in [-0.39, 0.29) is 10.9 Å². The molecule has 2 aromatic carbocycles. The summed E-state index contributed by atoms with van der Waals surface area (Å²) in [5, 5.41) is 12.6. The summed E-state index contributed by atoms with van der Waals surface area (Å²) in [6, 6.07) is 14.6. The lowest BCUT2D eigenvalue weighted by molar-refractivity contribution is 0.0951. The quantitative estimate of drug-likeness (QED) is 0.319. The molecule has 0 aliphatic rings. The Morgan fingerprint density at radius 3 is 2.59 bits per heavy atom. The molecular weight excluding hydrogens is 384 g/mol. The van der Waals surface area contributed by atoms with Crippen molar-refractivity contribution >= 4 is 44.5 Å². The molecule has 0 aliphatic heterocycles. The van der Waals surface area contributed by atoms with Crippen LogP contribution in [0, 0.1) is 0 Å². The highest BCUT2D eigenvalue weighted by molar-refractivity contribution is 7.80. The van der Waals surface area contributed by atoms with E-state index in [1.807, 2.05) is 29.7 Å². The Hall–Kier alpha value is -2.68. The third-order valence-corrected chi connectivity index (χ3v) is 5.25. The zero-order chi connectivity index (χ0) is 19.2. The molecule has 3 rings (SSSR count). The first kappa shape index (κ1) is 19.1. The van der Waals surface area contributed by atoms with Crippen molar-refractivity contribution < 1.29 is 19.5 Å². The normalized spacial score (nSPS) is 10.4. The first-order chi connectivity index (χ1) is 13.1. The van der Waals surface area contributed by atoms with E-state index >= 15 is 0 Å². The van der Waals surface area contributed by atoms with Gasteiger partial charge in [0.15, 0.2) is 0 Å². The van der Waals surface area contributed by atoms with Crippen molar-refractivity contribution in [3.05, 3.63) is 59.0 Å². The first-order valence-electron chi connectivity index (χ1n) is 8.14. The Morgan fingerprint density at radius 2 is 1.89 bits per heavy atom. The zero-order valence-electron chi connectivity index (χ0n) is 14.5. The molecule has 0 fully saturated rings. The Kier molecular flexibility index (Phi) is 6.23. The molecule has 3 N–H and O–H groups in total. The second-order valence-corrected chi connectivity index (χ2v) is 7.08. The number of rotatable bonds is 7. The van der Waals surface area contributed by atoms with Crippen molar-refractivity contribution in [1.29, 1.82) is 0 Å². The molecule has 0 saturated carbocycles. The summed E-state index contributed by atoms with van der Waals surface area (Å²) >= 11 is 6.35. The lowest BCUT2D eigenvalue weighted by Gasteiger charge is -2.08. The molecule has 3 aromatic rings. The number of methoxy groups -OCH3 is 1. The summed E-state index contributed by atoms with van der Waals surface area (Å²) in [5.74, 6) is 1.29. The third kappa shape index (κ3) is 4.73. The van der Waals surface area contributed by atoms with Gasteiger partial charge in [-0.1, -0.05) is 12.2 Å². The molecule has 6 nitrogen and oxygen atoms in total. The molecule has 0 unspecified atom stereocenters. The Bertz CT molecular complexity index is 954. The van der Waals surface area contributed by atoms with Crippen LogP contribution < -0.4 is 20.3 Å². The second-order valence-electron chi connectivity index (χ2n) is 5.58. The molecule has 0 saturated heterocycles. The Balaban J connectivity index is 1.50. The molecule has 140 valence electrons. The van der Waals surface area contributed by atoms with Gasteiger partial charge in [0.1, 0.15) is 23.1 Å². The highest BCUT2D eigenvalue weighted by Crippen LogP contribution is 2.29. The molecule has 8 heteroatoms. The van der Waals surface area contributed by atoms with Gasteiger partial charge < -0.3 is 14.8 Å². The average molecular weight is 402 g/mol. The smallest absolute Gasteiger partial charge is 0.261 e. The lowest BCUT2D eigenvalue weighted by Crippen LogP contribution is -2.27. The molecule has 0 aliphatic carbocycles. The van der Waals surface area contributed by atoms with Crippen LogP contribution in [0.5, 0.6) is 11.5 Å². The van der Waals surface area contributed by atoms with Crippen molar-refractivity contribution in [1.82, 2.24) is 10.8 Å². The number of hydrogen-bond donors (Lipinski definition) is 3. The van der Waals surface area contributed by atoms with Gasteiger partial charge in [-0.2, -0.15) is 0 Å². The van der Waals surface area contributed by atoms with Crippen LogP contribution in [0.3, 0.4) is 0 Å². The molecular formula is C19H18N2O4S2. The molecule has 0 bridgehead atoms. The fraction of sp³-hybridized carbons (Fsp3) is 0.158. The number of benzene rings is 2. The number of amides is 1. The van der Waals surface area contributed by atoms with E-state index in [1.54, 1.807) is 31.4 Å². The second kappa shape index (κ2) is 8.81. The molecule has 0 spiro atoms. The number of nitrogens with one attached hydrogen (secondary N) is 2. The van der Waals surface area contributed by atoms with Gasteiger partial charge in [-0.25, -0.2) is 0 Å². The molecule has 27 heavy (non-hydrogen) atoms. The van der Waals surface area contributed by atoms with Crippen molar-refractivity contribution in [3.8, 4) is 11.5 Å². The fourth-order valence-electron chi connectivity index (χ4n) is 2.44. The van der Waals surface area contributed by atoms with Crippen molar-refractivity contribution in [3.63, 3.8) is 0 Å². The van der Waals surface area contributed by atoms with Crippen molar-refractivity contribution in [2.45, 2.75) is 0 Å².